The Morgan fingerprint density at radius 1 is 0.381 bits per heavy atom. The molecule has 5 N–H and O–H groups in total. The minimum absolute atomic E-state index is 0. The van der Waals surface area contributed by atoms with Crippen molar-refractivity contribution < 1.29 is 51.7 Å². The van der Waals surface area contributed by atoms with Crippen molar-refractivity contribution in [1.82, 2.24) is 0 Å². The summed E-state index contributed by atoms with van der Waals surface area (Å²) in [5.74, 6) is 0. The van der Waals surface area contributed by atoms with Crippen LogP contribution in [0.2, 0.25) is 0 Å². The molecule has 0 spiro atoms. The molecule has 0 bridgehead atoms. The Morgan fingerprint density at radius 2 is 0.429 bits per heavy atom. The van der Waals surface area contributed by atoms with E-state index in [1.165, 1.54) is 0 Å². The van der Waals surface area contributed by atoms with E-state index in [-0.39, 0.29) is 26.2 Å². The van der Waals surface area contributed by atoms with Gasteiger partial charge in [-0.1, -0.05) is 34.6 Å². The van der Waals surface area contributed by atoms with Crippen LogP contribution in [0.1, 0.15) is 66.7 Å². The number of aliphatic hydroxyl groups excluding tert-OH is 5. The molecule has 6 heteroatoms. The van der Waals surface area contributed by atoms with Gasteiger partial charge in [0.1, 0.15) is 0 Å². The fourth-order valence-corrected chi connectivity index (χ4v) is 0. The molecule has 0 amide bonds. The van der Waals surface area contributed by atoms with E-state index < -0.39 is 0 Å². The van der Waals surface area contributed by atoms with Crippen LogP contribution in [0.5, 0.6) is 0 Å². The molecule has 0 aromatic carbocycles. The Morgan fingerprint density at radius 3 is 0.429 bits per heavy atom. The molecule has 0 rings (SSSR count). The van der Waals surface area contributed by atoms with E-state index in [4.69, 9.17) is 25.5 Å². The van der Waals surface area contributed by atoms with Crippen LogP contribution in [0.25, 0.3) is 0 Å². The second-order valence-electron chi connectivity index (χ2n) is 3.62. The van der Waals surface area contributed by atoms with Crippen LogP contribution in [0, 0.1) is 0 Å². The molecule has 0 aromatic rings. The van der Waals surface area contributed by atoms with Crippen LogP contribution < -0.4 is 0 Å². The second-order valence-corrected chi connectivity index (χ2v) is 3.62. The molecule has 5 nitrogen and oxygen atoms in total. The van der Waals surface area contributed by atoms with Gasteiger partial charge in [-0.25, -0.2) is 0 Å². The van der Waals surface area contributed by atoms with Gasteiger partial charge in [-0.3, -0.25) is 0 Å². The van der Waals surface area contributed by atoms with E-state index in [0.29, 0.717) is 33.0 Å². The van der Waals surface area contributed by atoms with E-state index in [9.17, 15) is 0 Å². The third-order valence-electron chi connectivity index (χ3n) is 1.12. The minimum atomic E-state index is 0. The summed E-state index contributed by atoms with van der Waals surface area (Å²) in [4.78, 5) is 0. The van der Waals surface area contributed by atoms with Crippen molar-refractivity contribution in [3.8, 4) is 0 Å². The molecule has 0 radical (unpaired) electrons. The maximum Gasteiger partial charge on any atom is 0.0428 e. The van der Waals surface area contributed by atoms with Gasteiger partial charge < -0.3 is 25.5 Å². The maximum absolute atomic E-state index is 7.88. The third kappa shape index (κ3) is 224. The van der Waals surface area contributed by atoms with Crippen LogP contribution in [0.3, 0.4) is 0 Å². The summed E-state index contributed by atoms with van der Waals surface area (Å²) in [6, 6.07) is 0. The molecule has 0 atom stereocenters. The van der Waals surface area contributed by atoms with E-state index in [2.05, 4.69) is 0 Å². The summed E-state index contributed by atoms with van der Waals surface area (Å²) >= 11 is 0. The smallest absolute Gasteiger partial charge is 0.0428 e. The zero-order valence-corrected chi connectivity index (χ0v) is 17.3. The standard InChI is InChI=1S/5C3H8O.Zr/c5*1-2-3-4;/h5*4H,2-3H2,1H3;. The minimum Gasteiger partial charge on any atom is -0.396 e. The Hall–Kier alpha value is 0.683. The molecule has 0 unspecified atom stereocenters. The molecule has 0 heterocycles. The Bertz CT molecular complexity index is 55.2. The van der Waals surface area contributed by atoms with Gasteiger partial charge in [0.25, 0.3) is 0 Å². The van der Waals surface area contributed by atoms with Crippen molar-refractivity contribution in [1.29, 1.82) is 0 Å². The van der Waals surface area contributed by atoms with Crippen molar-refractivity contribution in [2.24, 2.45) is 0 Å². The number of hydrogen-bond donors (Lipinski definition) is 5. The summed E-state index contributed by atoms with van der Waals surface area (Å²) in [6.45, 7) is 11.2. The molecule has 0 fully saturated rings. The van der Waals surface area contributed by atoms with Gasteiger partial charge >= 0.3 is 0 Å². The first-order valence-corrected chi connectivity index (χ1v) is 7.62. The molecule has 0 saturated carbocycles. The van der Waals surface area contributed by atoms with E-state index in [1.54, 1.807) is 0 Å². The van der Waals surface area contributed by atoms with Crippen molar-refractivity contribution in [3.05, 3.63) is 0 Å². The van der Waals surface area contributed by atoms with Crippen molar-refractivity contribution in [3.63, 3.8) is 0 Å². The van der Waals surface area contributed by atoms with E-state index in [0.717, 1.165) is 32.1 Å². The van der Waals surface area contributed by atoms with Crippen molar-refractivity contribution in [2.75, 3.05) is 33.0 Å². The zero-order chi connectivity index (χ0) is 17.1. The van der Waals surface area contributed by atoms with Gasteiger partial charge in [-0.15, -0.1) is 0 Å². The van der Waals surface area contributed by atoms with Gasteiger partial charge in [0, 0.05) is 59.2 Å². The van der Waals surface area contributed by atoms with Gasteiger partial charge in [-0.2, -0.15) is 0 Å². The monoisotopic (exact) mass is 390 g/mol. The molecule has 0 aromatic heterocycles. The SMILES string of the molecule is CCCO.CCCO.CCCO.CCCO.CCCO.[Zr]. The molecule has 0 aliphatic carbocycles. The number of rotatable bonds is 5. The van der Waals surface area contributed by atoms with Crippen LogP contribution in [-0.4, -0.2) is 58.6 Å². The summed E-state index contributed by atoms with van der Waals surface area (Å²) in [5, 5.41) is 39.4. The predicted octanol–water partition coefficient (Wildman–Crippen LogP) is 1.94. The van der Waals surface area contributed by atoms with Gasteiger partial charge in [0.15, 0.2) is 0 Å². The normalized spacial score (nSPS) is 7.14. The third-order valence-corrected chi connectivity index (χ3v) is 1.12. The van der Waals surface area contributed by atoms with Crippen molar-refractivity contribution in [2.45, 2.75) is 66.7 Å². The molecule has 0 aliphatic heterocycles. The van der Waals surface area contributed by atoms with Gasteiger partial charge in [-0.05, 0) is 32.1 Å². The first-order valence-electron chi connectivity index (χ1n) is 7.62. The van der Waals surface area contributed by atoms with Crippen LogP contribution in [-0.2, 0) is 26.2 Å². The maximum atomic E-state index is 7.88. The molecular weight excluding hydrogens is 351 g/mol. The zero-order valence-electron chi connectivity index (χ0n) is 14.8. The summed E-state index contributed by atoms with van der Waals surface area (Å²) in [7, 11) is 0. The largest absolute Gasteiger partial charge is 0.396 e. The predicted molar refractivity (Wildman–Crippen MR) is 86.9 cm³/mol. The van der Waals surface area contributed by atoms with E-state index in [1.807, 2.05) is 34.6 Å². The molecule has 0 saturated heterocycles. The average molecular weight is 392 g/mol. The van der Waals surface area contributed by atoms with Crippen LogP contribution in [0.15, 0.2) is 0 Å². The van der Waals surface area contributed by atoms with Crippen LogP contribution >= 0.6 is 0 Å². The fraction of sp³-hybridized carbons (Fsp3) is 1.00. The summed E-state index contributed by atoms with van der Waals surface area (Å²) in [5.41, 5.74) is 0. The van der Waals surface area contributed by atoms with Gasteiger partial charge in [0.05, 0.1) is 0 Å². The molecular formula is C15H40O5Zr. The van der Waals surface area contributed by atoms with Crippen LogP contribution in [0.4, 0.5) is 0 Å². The second kappa shape index (κ2) is 70.2. The first kappa shape index (κ1) is 37.7. The topological polar surface area (TPSA) is 101 Å². The van der Waals surface area contributed by atoms with Crippen molar-refractivity contribution >= 4 is 0 Å². The molecule has 0 aliphatic rings. The molecule has 21 heavy (non-hydrogen) atoms. The quantitative estimate of drug-likeness (QED) is 0.493. The average Bonchev–Trinajstić information content (AvgIpc) is 2.55. The first-order chi connectivity index (χ1) is 9.57. The number of aliphatic hydroxyl groups is 5. The summed E-state index contributed by atoms with van der Waals surface area (Å²) < 4.78 is 0. The Kier molecular flexibility index (Phi) is 126. The summed E-state index contributed by atoms with van der Waals surface area (Å²) in [6.07, 6.45) is 4.38. The molecule has 134 valence electrons. The van der Waals surface area contributed by atoms with Gasteiger partial charge in [0.2, 0.25) is 0 Å². The number of hydrogen-bond acceptors (Lipinski definition) is 5. The Labute approximate surface area is 151 Å². The fourth-order valence-electron chi connectivity index (χ4n) is 0. The van der Waals surface area contributed by atoms with E-state index >= 15 is 0 Å². The Balaban J connectivity index is -0.0000000331.